The van der Waals surface area contributed by atoms with Gasteiger partial charge in [0, 0.05) is 36.1 Å². The lowest BCUT2D eigenvalue weighted by Gasteiger charge is -2.24. The van der Waals surface area contributed by atoms with Crippen LogP contribution < -0.4 is 29.7 Å². The summed E-state index contributed by atoms with van der Waals surface area (Å²) in [6.07, 6.45) is 3.26. The minimum Gasteiger partial charge on any atom is -0.493 e. The first-order chi connectivity index (χ1) is 17.3. The molecule has 10 heteroatoms. The predicted molar refractivity (Wildman–Crippen MR) is 132 cm³/mol. The number of hydrogen-bond acceptors (Lipinski definition) is 7. The maximum Gasteiger partial charge on any atom is 0.234 e. The van der Waals surface area contributed by atoms with E-state index < -0.39 is 23.5 Å². The van der Waals surface area contributed by atoms with Crippen molar-refractivity contribution in [2.75, 3.05) is 43.4 Å². The number of anilines is 3. The number of methoxy groups -OCH3 is 3. The maximum atomic E-state index is 13.6. The maximum absolute atomic E-state index is 13.6. The van der Waals surface area contributed by atoms with E-state index in [1.165, 1.54) is 28.3 Å². The van der Waals surface area contributed by atoms with Crippen molar-refractivity contribution in [3.05, 3.63) is 48.6 Å². The SMILES string of the molecule is COc1cc(NC(=O)[C@@H]2[C@H]3C(=O)N(c4ccc(NC(C)=O)cc4)C[C@@]34C=C[C@H]2O4)cc(OC)c1OC. The normalized spacial score (nSPS) is 25.5. The van der Waals surface area contributed by atoms with Crippen LogP contribution in [-0.4, -0.2) is 57.3 Å². The zero-order chi connectivity index (χ0) is 25.6. The van der Waals surface area contributed by atoms with Crippen LogP contribution >= 0.6 is 0 Å². The van der Waals surface area contributed by atoms with Crippen LogP contribution in [0, 0.1) is 11.8 Å². The second-order valence-corrected chi connectivity index (χ2v) is 8.96. The second-order valence-electron chi connectivity index (χ2n) is 8.96. The van der Waals surface area contributed by atoms with Crippen molar-refractivity contribution in [1.29, 1.82) is 0 Å². The van der Waals surface area contributed by atoms with E-state index in [1.807, 2.05) is 12.2 Å². The third-order valence-corrected chi connectivity index (χ3v) is 6.83. The zero-order valence-electron chi connectivity index (χ0n) is 20.4. The quantitative estimate of drug-likeness (QED) is 0.570. The van der Waals surface area contributed by atoms with Gasteiger partial charge in [0.1, 0.15) is 5.60 Å². The summed E-state index contributed by atoms with van der Waals surface area (Å²) in [4.78, 5) is 40.0. The molecular formula is C26H27N3O7. The van der Waals surface area contributed by atoms with Crippen molar-refractivity contribution in [2.45, 2.75) is 18.6 Å². The van der Waals surface area contributed by atoms with E-state index in [9.17, 15) is 14.4 Å². The first-order valence-electron chi connectivity index (χ1n) is 11.5. The van der Waals surface area contributed by atoms with E-state index in [-0.39, 0.29) is 17.7 Å². The molecule has 2 N–H and O–H groups in total. The number of carbonyl (C=O) groups excluding carboxylic acids is 3. The van der Waals surface area contributed by atoms with E-state index in [0.29, 0.717) is 40.9 Å². The summed E-state index contributed by atoms with van der Waals surface area (Å²) in [6.45, 7) is 1.73. The van der Waals surface area contributed by atoms with Crippen molar-refractivity contribution in [3.63, 3.8) is 0 Å². The van der Waals surface area contributed by atoms with Gasteiger partial charge in [-0.05, 0) is 24.3 Å². The van der Waals surface area contributed by atoms with Crippen molar-refractivity contribution in [2.24, 2.45) is 11.8 Å². The van der Waals surface area contributed by atoms with Gasteiger partial charge in [-0.2, -0.15) is 0 Å². The van der Waals surface area contributed by atoms with Gasteiger partial charge in [-0.15, -0.1) is 0 Å². The highest BCUT2D eigenvalue weighted by molar-refractivity contribution is 6.05. The van der Waals surface area contributed by atoms with Gasteiger partial charge in [-0.1, -0.05) is 12.2 Å². The molecule has 188 valence electrons. The third-order valence-electron chi connectivity index (χ3n) is 6.83. The molecule has 3 amide bonds. The summed E-state index contributed by atoms with van der Waals surface area (Å²) in [6, 6.07) is 10.3. The van der Waals surface area contributed by atoms with Gasteiger partial charge in [0.2, 0.25) is 23.5 Å². The highest BCUT2D eigenvalue weighted by atomic mass is 16.5. The predicted octanol–water partition coefficient (Wildman–Crippen LogP) is 2.60. The Hall–Kier alpha value is -4.05. The van der Waals surface area contributed by atoms with E-state index in [1.54, 1.807) is 41.3 Å². The standard InChI is InChI=1S/C26H27N3O7/c1-14(30)27-15-5-7-17(8-6-15)29-13-26-10-9-18(36-26)21(22(26)25(29)32)24(31)28-16-11-19(33-2)23(35-4)20(12-16)34-3/h5-12,18,21-22H,13H2,1-4H3,(H,27,30)(H,28,31)/t18-,21+,22+,26+/m1/s1. The number of benzene rings is 2. The lowest BCUT2D eigenvalue weighted by molar-refractivity contribution is -0.128. The Kier molecular flexibility index (Phi) is 5.83. The van der Waals surface area contributed by atoms with Crippen LogP contribution in [0.3, 0.4) is 0 Å². The molecule has 10 nitrogen and oxygen atoms in total. The van der Waals surface area contributed by atoms with Crippen LogP contribution in [0.25, 0.3) is 0 Å². The fraction of sp³-hybridized carbons (Fsp3) is 0.346. The molecule has 1 spiro atoms. The van der Waals surface area contributed by atoms with Crippen LogP contribution in [0.4, 0.5) is 17.1 Å². The second kappa shape index (κ2) is 8.87. The summed E-state index contributed by atoms with van der Waals surface area (Å²) in [5.41, 5.74) is 0.888. The van der Waals surface area contributed by atoms with E-state index in [2.05, 4.69) is 10.6 Å². The Morgan fingerprint density at radius 2 is 1.67 bits per heavy atom. The molecule has 3 aliphatic heterocycles. The molecule has 2 bridgehead atoms. The van der Waals surface area contributed by atoms with Gasteiger partial charge in [0.25, 0.3) is 0 Å². The molecule has 3 aliphatic rings. The fourth-order valence-electron chi connectivity index (χ4n) is 5.32. The Balaban J connectivity index is 1.39. The van der Waals surface area contributed by atoms with Crippen LogP contribution in [0.2, 0.25) is 0 Å². The molecular weight excluding hydrogens is 466 g/mol. The molecule has 3 heterocycles. The Bertz CT molecular complexity index is 1230. The number of ether oxygens (including phenoxy) is 4. The van der Waals surface area contributed by atoms with Gasteiger partial charge >= 0.3 is 0 Å². The first kappa shape index (κ1) is 23.7. The third kappa shape index (κ3) is 3.74. The summed E-state index contributed by atoms with van der Waals surface area (Å²) in [5.74, 6) is -0.841. The van der Waals surface area contributed by atoms with Gasteiger partial charge in [0.15, 0.2) is 11.5 Å². The van der Waals surface area contributed by atoms with Crippen molar-refractivity contribution in [1.82, 2.24) is 0 Å². The molecule has 2 fully saturated rings. The summed E-state index contributed by atoms with van der Waals surface area (Å²) >= 11 is 0. The lowest BCUT2D eigenvalue weighted by atomic mass is 9.77. The molecule has 0 saturated carbocycles. The van der Waals surface area contributed by atoms with Crippen molar-refractivity contribution in [3.8, 4) is 17.2 Å². The average Bonchev–Trinajstić information content (AvgIpc) is 3.51. The topological polar surface area (TPSA) is 115 Å². The summed E-state index contributed by atoms with van der Waals surface area (Å²) < 4.78 is 22.3. The van der Waals surface area contributed by atoms with E-state index in [0.717, 1.165) is 0 Å². The molecule has 4 atom stereocenters. The Morgan fingerprint density at radius 3 is 2.25 bits per heavy atom. The largest absolute Gasteiger partial charge is 0.493 e. The van der Waals surface area contributed by atoms with E-state index in [4.69, 9.17) is 18.9 Å². The molecule has 2 aromatic rings. The molecule has 5 rings (SSSR count). The number of hydrogen-bond donors (Lipinski definition) is 2. The zero-order valence-corrected chi connectivity index (χ0v) is 20.4. The molecule has 2 aromatic carbocycles. The van der Waals surface area contributed by atoms with Crippen LogP contribution in [0.1, 0.15) is 6.92 Å². The first-order valence-corrected chi connectivity index (χ1v) is 11.5. The highest BCUT2D eigenvalue weighted by Crippen LogP contribution is 2.53. The number of nitrogens with one attached hydrogen (secondary N) is 2. The highest BCUT2D eigenvalue weighted by Gasteiger charge is 2.67. The van der Waals surface area contributed by atoms with E-state index >= 15 is 0 Å². The Morgan fingerprint density at radius 1 is 1.00 bits per heavy atom. The Labute approximate surface area is 208 Å². The number of carbonyl (C=O) groups is 3. The molecule has 0 unspecified atom stereocenters. The van der Waals surface area contributed by atoms with Gasteiger partial charge in [-0.3, -0.25) is 14.4 Å². The number of fused-ring (bicyclic) bond motifs is 1. The van der Waals surface area contributed by atoms with Crippen molar-refractivity contribution < 1.29 is 33.3 Å². The lowest BCUT2D eigenvalue weighted by Crippen LogP contribution is -2.41. The molecule has 0 aromatic heterocycles. The molecule has 0 aliphatic carbocycles. The molecule has 36 heavy (non-hydrogen) atoms. The minimum atomic E-state index is -0.866. The molecule has 2 saturated heterocycles. The number of amides is 3. The summed E-state index contributed by atoms with van der Waals surface area (Å²) in [5, 5.41) is 5.61. The summed E-state index contributed by atoms with van der Waals surface area (Å²) in [7, 11) is 4.49. The van der Waals surface area contributed by atoms with Crippen LogP contribution in [0.5, 0.6) is 17.2 Å². The van der Waals surface area contributed by atoms with Crippen LogP contribution in [-0.2, 0) is 19.1 Å². The average molecular weight is 494 g/mol. The van der Waals surface area contributed by atoms with Gasteiger partial charge < -0.3 is 34.5 Å². The number of rotatable bonds is 7. The number of nitrogens with zero attached hydrogens (tertiary/aromatic N) is 1. The fourth-order valence-corrected chi connectivity index (χ4v) is 5.32. The van der Waals surface area contributed by atoms with Gasteiger partial charge in [0.05, 0.1) is 45.8 Å². The monoisotopic (exact) mass is 493 g/mol. The minimum absolute atomic E-state index is 0.176. The van der Waals surface area contributed by atoms with Crippen molar-refractivity contribution >= 4 is 34.8 Å². The molecule has 0 radical (unpaired) electrons. The smallest absolute Gasteiger partial charge is 0.234 e. The van der Waals surface area contributed by atoms with Gasteiger partial charge in [-0.25, -0.2) is 0 Å². The van der Waals surface area contributed by atoms with Crippen LogP contribution in [0.15, 0.2) is 48.6 Å².